The molecular weight excluding hydrogens is 299 g/mol. The molecule has 2 aromatic rings. The van der Waals surface area contributed by atoms with Crippen molar-refractivity contribution in [2.75, 3.05) is 7.05 Å². The van der Waals surface area contributed by atoms with Crippen LogP contribution in [0.1, 0.15) is 5.56 Å². The van der Waals surface area contributed by atoms with E-state index >= 15 is 0 Å². The minimum Gasteiger partial charge on any atom is -0.439 e. The van der Waals surface area contributed by atoms with Crippen LogP contribution in [-0.2, 0) is 6.54 Å². The molecule has 0 saturated carbocycles. The standard InChI is InChI=1S/C13H12BrFN2O/c1-16-7-9-2-5-13(17-8-9)18-10-3-4-11(14)12(15)6-10/h2-6,8,16H,7H2,1H3. The molecule has 0 bridgehead atoms. The van der Waals surface area contributed by atoms with Crippen LogP contribution in [0.3, 0.4) is 0 Å². The van der Waals surface area contributed by atoms with Crippen molar-refractivity contribution in [2.24, 2.45) is 0 Å². The first-order chi connectivity index (χ1) is 8.69. The van der Waals surface area contributed by atoms with Gasteiger partial charge in [-0.3, -0.25) is 0 Å². The molecule has 1 heterocycles. The highest BCUT2D eigenvalue weighted by atomic mass is 79.9. The summed E-state index contributed by atoms with van der Waals surface area (Å²) < 4.78 is 19.2. The highest BCUT2D eigenvalue weighted by Crippen LogP contribution is 2.24. The predicted octanol–water partition coefficient (Wildman–Crippen LogP) is 3.49. The fourth-order valence-electron chi connectivity index (χ4n) is 1.44. The lowest BCUT2D eigenvalue weighted by Gasteiger charge is -2.06. The molecule has 1 aromatic heterocycles. The number of hydrogen-bond acceptors (Lipinski definition) is 3. The number of halogens is 2. The van der Waals surface area contributed by atoms with Crippen molar-refractivity contribution in [3.05, 3.63) is 52.4 Å². The van der Waals surface area contributed by atoms with Gasteiger partial charge in [-0.1, -0.05) is 6.07 Å². The molecule has 3 nitrogen and oxygen atoms in total. The van der Waals surface area contributed by atoms with E-state index in [-0.39, 0.29) is 5.82 Å². The van der Waals surface area contributed by atoms with Gasteiger partial charge in [-0.05, 0) is 40.7 Å². The lowest BCUT2D eigenvalue weighted by Crippen LogP contribution is -2.05. The molecule has 2 rings (SSSR count). The van der Waals surface area contributed by atoms with Crippen LogP contribution in [0.5, 0.6) is 11.6 Å². The minimum atomic E-state index is -0.362. The Kier molecular flexibility index (Phi) is 4.28. The zero-order valence-electron chi connectivity index (χ0n) is 9.78. The van der Waals surface area contributed by atoms with Crippen molar-refractivity contribution in [2.45, 2.75) is 6.54 Å². The average Bonchev–Trinajstić information content (AvgIpc) is 2.37. The van der Waals surface area contributed by atoms with Gasteiger partial charge in [-0.15, -0.1) is 0 Å². The lowest BCUT2D eigenvalue weighted by atomic mass is 10.3. The van der Waals surface area contributed by atoms with Gasteiger partial charge in [-0.25, -0.2) is 9.37 Å². The molecule has 0 amide bonds. The van der Waals surface area contributed by atoms with E-state index in [9.17, 15) is 4.39 Å². The van der Waals surface area contributed by atoms with Crippen molar-refractivity contribution in [3.63, 3.8) is 0 Å². The van der Waals surface area contributed by atoms with E-state index < -0.39 is 0 Å². The highest BCUT2D eigenvalue weighted by molar-refractivity contribution is 9.10. The van der Waals surface area contributed by atoms with Crippen LogP contribution in [0.15, 0.2) is 41.0 Å². The second-order valence-electron chi connectivity index (χ2n) is 3.71. The maximum Gasteiger partial charge on any atom is 0.219 e. The van der Waals surface area contributed by atoms with Crippen molar-refractivity contribution < 1.29 is 9.13 Å². The molecule has 0 aliphatic carbocycles. The Bertz CT molecular complexity index is 531. The summed E-state index contributed by atoms with van der Waals surface area (Å²) in [4.78, 5) is 4.15. The Hall–Kier alpha value is -1.46. The number of rotatable bonds is 4. The number of ether oxygens (including phenoxy) is 1. The molecule has 0 saturated heterocycles. The Balaban J connectivity index is 2.10. The number of pyridine rings is 1. The Labute approximate surface area is 113 Å². The van der Waals surface area contributed by atoms with Crippen LogP contribution in [0.25, 0.3) is 0 Å². The van der Waals surface area contributed by atoms with Gasteiger partial charge in [0.15, 0.2) is 0 Å². The predicted molar refractivity (Wildman–Crippen MR) is 71.2 cm³/mol. The first-order valence-corrected chi connectivity index (χ1v) is 6.21. The van der Waals surface area contributed by atoms with Crippen molar-refractivity contribution in [1.82, 2.24) is 10.3 Å². The normalized spacial score (nSPS) is 10.4. The first kappa shape index (κ1) is 13.0. The fourth-order valence-corrected chi connectivity index (χ4v) is 1.69. The van der Waals surface area contributed by atoms with Crippen molar-refractivity contribution >= 4 is 15.9 Å². The first-order valence-electron chi connectivity index (χ1n) is 5.41. The van der Waals surface area contributed by atoms with Crippen molar-refractivity contribution in [3.8, 4) is 11.6 Å². The summed E-state index contributed by atoms with van der Waals surface area (Å²) in [6.07, 6.45) is 1.72. The summed E-state index contributed by atoms with van der Waals surface area (Å²) in [5.41, 5.74) is 1.06. The molecule has 1 N–H and O–H groups in total. The summed E-state index contributed by atoms with van der Waals surface area (Å²) in [5, 5.41) is 3.03. The number of aromatic nitrogens is 1. The Morgan fingerprint density at radius 3 is 2.78 bits per heavy atom. The van der Waals surface area contributed by atoms with Gasteiger partial charge in [0.2, 0.25) is 5.88 Å². The second kappa shape index (κ2) is 5.93. The van der Waals surface area contributed by atoms with E-state index in [1.165, 1.54) is 6.07 Å². The number of nitrogens with zero attached hydrogens (tertiary/aromatic N) is 1. The van der Waals surface area contributed by atoms with E-state index in [1.807, 2.05) is 13.1 Å². The number of hydrogen-bond donors (Lipinski definition) is 1. The fraction of sp³-hybridized carbons (Fsp3) is 0.154. The zero-order valence-corrected chi connectivity index (χ0v) is 11.4. The topological polar surface area (TPSA) is 34.1 Å². The zero-order chi connectivity index (χ0) is 13.0. The SMILES string of the molecule is CNCc1ccc(Oc2ccc(Br)c(F)c2)nc1. The average molecular weight is 311 g/mol. The molecule has 0 aliphatic heterocycles. The molecular formula is C13H12BrFN2O. The Morgan fingerprint density at radius 2 is 2.17 bits per heavy atom. The molecule has 1 aromatic carbocycles. The third-order valence-electron chi connectivity index (χ3n) is 2.29. The minimum absolute atomic E-state index is 0.362. The second-order valence-corrected chi connectivity index (χ2v) is 4.57. The van der Waals surface area contributed by atoms with E-state index in [0.717, 1.165) is 12.1 Å². The molecule has 5 heteroatoms. The molecule has 0 atom stereocenters. The van der Waals surface area contributed by atoms with Crippen LogP contribution in [0.2, 0.25) is 0 Å². The maximum absolute atomic E-state index is 13.3. The highest BCUT2D eigenvalue weighted by Gasteiger charge is 2.03. The maximum atomic E-state index is 13.3. The van der Waals surface area contributed by atoms with Gasteiger partial charge in [0.1, 0.15) is 11.6 Å². The third-order valence-corrected chi connectivity index (χ3v) is 2.94. The van der Waals surface area contributed by atoms with E-state index in [4.69, 9.17) is 4.74 Å². The van der Waals surface area contributed by atoms with Gasteiger partial charge in [0.25, 0.3) is 0 Å². The van der Waals surface area contributed by atoms with Gasteiger partial charge in [-0.2, -0.15) is 0 Å². The van der Waals surface area contributed by atoms with Crippen LogP contribution in [-0.4, -0.2) is 12.0 Å². The third kappa shape index (κ3) is 3.27. The van der Waals surface area contributed by atoms with E-state index in [1.54, 1.807) is 24.4 Å². The molecule has 94 valence electrons. The molecule has 0 radical (unpaired) electrons. The molecule has 18 heavy (non-hydrogen) atoms. The summed E-state index contributed by atoms with van der Waals surface area (Å²) in [6, 6.07) is 8.25. The lowest BCUT2D eigenvalue weighted by molar-refractivity contribution is 0.457. The monoisotopic (exact) mass is 310 g/mol. The number of benzene rings is 1. The molecule has 0 unspecified atom stereocenters. The van der Waals surface area contributed by atoms with Crippen molar-refractivity contribution in [1.29, 1.82) is 0 Å². The van der Waals surface area contributed by atoms with Gasteiger partial charge >= 0.3 is 0 Å². The van der Waals surface area contributed by atoms with Crippen LogP contribution < -0.4 is 10.1 Å². The summed E-state index contributed by atoms with van der Waals surface area (Å²) in [6.45, 7) is 0.750. The number of nitrogens with one attached hydrogen (secondary N) is 1. The van der Waals surface area contributed by atoms with Gasteiger partial charge in [0.05, 0.1) is 4.47 Å². The summed E-state index contributed by atoms with van der Waals surface area (Å²) in [7, 11) is 1.87. The van der Waals surface area contributed by atoms with Crippen LogP contribution in [0, 0.1) is 5.82 Å². The summed E-state index contributed by atoms with van der Waals surface area (Å²) >= 11 is 3.09. The van der Waals surface area contributed by atoms with E-state index in [0.29, 0.717) is 16.1 Å². The van der Waals surface area contributed by atoms with E-state index in [2.05, 4.69) is 26.2 Å². The molecule has 0 fully saturated rings. The van der Waals surface area contributed by atoms with Gasteiger partial charge < -0.3 is 10.1 Å². The van der Waals surface area contributed by atoms with Crippen LogP contribution >= 0.6 is 15.9 Å². The Morgan fingerprint density at radius 1 is 1.33 bits per heavy atom. The van der Waals surface area contributed by atoms with Gasteiger partial charge in [0, 0.05) is 24.9 Å². The summed E-state index contributed by atoms with van der Waals surface area (Å²) in [5.74, 6) is 0.500. The van der Waals surface area contributed by atoms with Crippen LogP contribution in [0.4, 0.5) is 4.39 Å². The molecule has 0 aliphatic rings. The quantitative estimate of drug-likeness (QED) is 0.938. The smallest absolute Gasteiger partial charge is 0.219 e. The largest absolute Gasteiger partial charge is 0.439 e. The molecule has 0 spiro atoms.